The average molecular weight is 251 g/mol. The summed E-state index contributed by atoms with van der Waals surface area (Å²) < 4.78 is 4.83. The number of carboxylic acids is 1. The van der Waals surface area contributed by atoms with Gasteiger partial charge in [0.15, 0.2) is 0 Å². The Balaban J connectivity index is 2.41. The van der Waals surface area contributed by atoms with Crippen molar-refractivity contribution in [2.45, 2.75) is 19.1 Å². The van der Waals surface area contributed by atoms with Crippen molar-refractivity contribution in [3.8, 4) is 0 Å². The van der Waals surface area contributed by atoms with Gasteiger partial charge < -0.3 is 20.0 Å². The van der Waals surface area contributed by atoms with Crippen LogP contribution in [-0.2, 0) is 20.9 Å². The van der Waals surface area contributed by atoms with Gasteiger partial charge in [0.1, 0.15) is 18.9 Å². The van der Waals surface area contributed by atoms with Gasteiger partial charge in [-0.1, -0.05) is 30.3 Å². The Morgan fingerprint density at radius 1 is 1.33 bits per heavy atom. The molecule has 0 saturated carbocycles. The Labute approximate surface area is 104 Å². The monoisotopic (exact) mass is 251 g/mol. The van der Waals surface area contributed by atoms with Crippen molar-refractivity contribution in [1.29, 1.82) is 0 Å². The van der Waals surface area contributed by atoms with Crippen molar-refractivity contribution < 1.29 is 24.2 Å². The molecule has 1 rings (SSSR count). The molecule has 0 spiro atoms. The quantitative estimate of drug-likeness (QED) is 0.734. The van der Waals surface area contributed by atoms with E-state index in [1.807, 2.05) is 6.07 Å². The van der Waals surface area contributed by atoms with E-state index in [4.69, 9.17) is 9.84 Å². The summed E-state index contributed by atoms with van der Waals surface area (Å²) in [7, 11) is 0. The zero-order valence-corrected chi connectivity index (χ0v) is 9.54. The van der Waals surface area contributed by atoms with Crippen LogP contribution in [0.1, 0.15) is 12.0 Å². The highest BCUT2D eigenvalue weighted by Crippen LogP contribution is 2.01. The molecule has 0 aliphatic heterocycles. The van der Waals surface area contributed by atoms with E-state index in [-0.39, 0.29) is 13.0 Å². The molecule has 0 aliphatic rings. The Bertz CT molecular complexity index is 418. The molecule has 0 aromatic heterocycles. The first kappa shape index (κ1) is 13.7. The second-order valence-electron chi connectivity index (χ2n) is 3.50. The molecule has 6 heteroatoms. The number of alkyl carbamates (subject to hydrolysis) is 1. The van der Waals surface area contributed by atoms with Crippen molar-refractivity contribution in [1.82, 2.24) is 5.32 Å². The van der Waals surface area contributed by atoms with Crippen molar-refractivity contribution in [3.63, 3.8) is 0 Å². The van der Waals surface area contributed by atoms with Crippen LogP contribution in [0.2, 0.25) is 0 Å². The molecule has 0 heterocycles. The van der Waals surface area contributed by atoms with Gasteiger partial charge in [-0.2, -0.15) is 0 Å². The van der Waals surface area contributed by atoms with Gasteiger partial charge in [0, 0.05) is 6.42 Å². The van der Waals surface area contributed by atoms with E-state index < -0.39 is 18.1 Å². The SMILES string of the molecule is O=CC[C@@H](NC(=O)OCc1ccccc1)C(=O)O. The largest absolute Gasteiger partial charge is 0.480 e. The van der Waals surface area contributed by atoms with E-state index in [0.29, 0.717) is 6.29 Å². The van der Waals surface area contributed by atoms with Crippen LogP contribution in [0.5, 0.6) is 0 Å². The van der Waals surface area contributed by atoms with Crippen LogP contribution in [0.4, 0.5) is 4.79 Å². The summed E-state index contributed by atoms with van der Waals surface area (Å²) in [4.78, 5) is 32.2. The van der Waals surface area contributed by atoms with Crippen LogP contribution in [-0.4, -0.2) is 29.5 Å². The third kappa shape index (κ3) is 4.65. The number of carboxylic acid groups (broad SMARTS) is 1. The molecule has 18 heavy (non-hydrogen) atoms. The van der Waals surface area contributed by atoms with E-state index in [9.17, 15) is 14.4 Å². The van der Waals surface area contributed by atoms with Crippen LogP contribution in [0.3, 0.4) is 0 Å². The number of amides is 1. The van der Waals surface area contributed by atoms with Gasteiger partial charge in [0.05, 0.1) is 0 Å². The number of ether oxygens (including phenoxy) is 1. The summed E-state index contributed by atoms with van der Waals surface area (Å²) in [5, 5.41) is 10.8. The maximum atomic E-state index is 11.3. The zero-order valence-electron chi connectivity index (χ0n) is 9.54. The predicted molar refractivity (Wildman–Crippen MR) is 61.9 cm³/mol. The second kappa shape index (κ2) is 7.05. The number of carbonyl (C=O) groups excluding carboxylic acids is 2. The Hall–Kier alpha value is -2.37. The molecular formula is C12H13NO5. The lowest BCUT2D eigenvalue weighted by atomic mass is 10.2. The van der Waals surface area contributed by atoms with E-state index >= 15 is 0 Å². The molecule has 0 saturated heterocycles. The first-order valence-corrected chi connectivity index (χ1v) is 5.27. The zero-order chi connectivity index (χ0) is 13.4. The van der Waals surface area contributed by atoms with Gasteiger partial charge in [-0.3, -0.25) is 0 Å². The molecule has 0 fully saturated rings. The summed E-state index contributed by atoms with van der Waals surface area (Å²) >= 11 is 0. The van der Waals surface area contributed by atoms with Gasteiger partial charge in [0.25, 0.3) is 0 Å². The predicted octanol–water partition coefficient (Wildman–Crippen LogP) is 0.955. The van der Waals surface area contributed by atoms with Crippen molar-refractivity contribution >= 4 is 18.3 Å². The van der Waals surface area contributed by atoms with Crippen molar-refractivity contribution in [2.24, 2.45) is 0 Å². The number of aldehydes is 1. The average Bonchev–Trinajstić information content (AvgIpc) is 2.37. The molecule has 1 atom stereocenters. The van der Waals surface area contributed by atoms with E-state index in [1.54, 1.807) is 24.3 Å². The number of benzene rings is 1. The molecule has 0 unspecified atom stereocenters. The third-order valence-electron chi connectivity index (χ3n) is 2.13. The van der Waals surface area contributed by atoms with E-state index in [2.05, 4.69) is 5.32 Å². The maximum Gasteiger partial charge on any atom is 0.408 e. The topological polar surface area (TPSA) is 92.7 Å². The minimum Gasteiger partial charge on any atom is -0.480 e. The van der Waals surface area contributed by atoms with Crippen molar-refractivity contribution in [2.75, 3.05) is 0 Å². The molecule has 0 bridgehead atoms. The standard InChI is InChI=1S/C12H13NO5/c14-7-6-10(11(15)16)13-12(17)18-8-9-4-2-1-3-5-9/h1-5,7,10H,6,8H2,(H,13,17)(H,15,16)/t10-/m1/s1. The summed E-state index contributed by atoms with van der Waals surface area (Å²) in [6.45, 7) is 0.0418. The first-order chi connectivity index (χ1) is 8.63. The fourth-order valence-electron chi connectivity index (χ4n) is 1.22. The summed E-state index contributed by atoms with van der Waals surface area (Å²) in [6, 6.07) is 7.70. The number of hydrogen-bond donors (Lipinski definition) is 2. The maximum absolute atomic E-state index is 11.3. The molecular weight excluding hydrogens is 238 g/mol. The number of nitrogens with one attached hydrogen (secondary N) is 1. The Morgan fingerprint density at radius 3 is 2.56 bits per heavy atom. The molecule has 1 aromatic rings. The van der Waals surface area contributed by atoms with Crippen LogP contribution >= 0.6 is 0 Å². The van der Waals surface area contributed by atoms with Crippen molar-refractivity contribution in [3.05, 3.63) is 35.9 Å². The molecule has 96 valence electrons. The second-order valence-corrected chi connectivity index (χ2v) is 3.50. The fourth-order valence-corrected chi connectivity index (χ4v) is 1.22. The first-order valence-electron chi connectivity index (χ1n) is 5.27. The van der Waals surface area contributed by atoms with Crippen LogP contribution in [0.15, 0.2) is 30.3 Å². The van der Waals surface area contributed by atoms with Gasteiger partial charge in [-0.25, -0.2) is 9.59 Å². The minimum absolute atomic E-state index is 0.0418. The fraction of sp³-hybridized carbons (Fsp3) is 0.250. The van der Waals surface area contributed by atoms with Crippen LogP contribution < -0.4 is 5.32 Å². The van der Waals surface area contributed by atoms with Crippen LogP contribution in [0, 0.1) is 0 Å². The lowest BCUT2D eigenvalue weighted by molar-refractivity contribution is -0.140. The number of aliphatic carboxylic acids is 1. The molecule has 0 radical (unpaired) electrons. The number of carbonyl (C=O) groups is 3. The van der Waals surface area contributed by atoms with E-state index in [1.165, 1.54) is 0 Å². The highest BCUT2D eigenvalue weighted by Gasteiger charge is 2.19. The van der Waals surface area contributed by atoms with Gasteiger partial charge in [-0.15, -0.1) is 0 Å². The molecule has 6 nitrogen and oxygen atoms in total. The molecule has 1 amide bonds. The summed E-state index contributed by atoms with van der Waals surface area (Å²) in [5.74, 6) is -1.28. The third-order valence-corrected chi connectivity index (χ3v) is 2.13. The van der Waals surface area contributed by atoms with Crippen LogP contribution in [0.25, 0.3) is 0 Å². The smallest absolute Gasteiger partial charge is 0.408 e. The summed E-state index contributed by atoms with van der Waals surface area (Å²) in [6.07, 6.45) is -0.737. The highest BCUT2D eigenvalue weighted by molar-refractivity contribution is 5.82. The molecule has 1 aromatic carbocycles. The highest BCUT2D eigenvalue weighted by atomic mass is 16.5. The van der Waals surface area contributed by atoms with Gasteiger partial charge in [-0.05, 0) is 5.56 Å². The summed E-state index contributed by atoms with van der Waals surface area (Å²) in [5.41, 5.74) is 0.787. The minimum atomic E-state index is -1.28. The Morgan fingerprint density at radius 2 is 2.00 bits per heavy atom. The number of hydrogen-bond acceptors (Lipinski definition) is 4. The lowest BCUT2D eigenvalue weighted by Gasteiger charge is -2.11. The molecule has 0 aliphatic carbocycles. The van der Waals surface area contributed by atoms with E-state index in [0.717, 1.165) is 5.56 Å². The van der Waals surface area contributed by atoms with Gasteiger partial charge in [0.2, 0.25) is 0 Å². The Kier molecular flexibility index (Phi) is 5.37. The number of rotatable bonds is 6. The lowest BCUT2D eigenvalue weighted by Crippen LogP contribution is -2.41. The molecule has 2 N–H and O–H groups in total. The van der Waals surface area contributed by atoms with Gasteiger partial charge >= 0.3 is 12.1 Å². The normalized spacial score (nSPS) is 11.3.